The summed E-state index contributed by atoms with van der Waals surface area (Å²) in [6, 6.07) is 0. The van der Waals surface area contributed by atoms with Crippen molar-refractivity contribution in [3.05, 3.63) is 0 Å². The van der Waals surface area contributed by atoms with Crippen LogP contribution < -0.4 is 0 Å². The van der Waals surface area contributed by atoms with Crippen molar-refractivity contribution in [2.24, 2.45) is 0 Å². The minimum atomic E-state index is -1.26. The van der Waals surface area contributed by atoms with Gasteiger partial charge < -0.3 is 20.2 Å². The van der Waals surface area contributed by atoms with Crippen molar-refractivity contribution in [1.29, 1.82) is 0 Å². The number of hydrogen-bond acceptors (Lipinski definition) is 5. The van der Waals surface area contributed by atoms with E-state index in [0.29, 0.717) is 6.54 Å². The SMILES string of the molecule is CC1(C)CN(CC(O)C(O)CO)C(=O)C(C)(C)N1Cl. The van der Waals surface area contributed by atoms with Gasteiger partial charge >= 0.3 is 0 Å². The van der Waals surface area contributed by atoms with Gasteiger partial charge in [0.15, 0.2) is 0 Å². The maximum Gasteiger partial charge on any atom is 0.243 e. The highest BCUT2D eigenvalue weighted by Gasteiger charge is 2.50. The summed E-state index contributed by atoms with van der Waals surface area (Å²) in [7, 11) is 0. The molecular formula is C12H23ClN2O4. The Morgan fingerprint density at radius 3 is 2.26 bits per heavy atom. The highest BCUT2D eigenvalue weighted by molar-refractivity contribution is 6.16. The lowest BCUT2D eigenvalue weighted by Gasteiger charge is -2.51. The first-order chi connectivity index (χ1) is 8.54. The zero-order valence-corrected chi connectivity index (χ0v) is 12.6. The molecule has 0 aliphatic carbocycles. The highest BCUT2D eigenvalue weighted by Crippen LogP contribution is 2.35. The predicted octanol–water partition coefficient (Wildman–Crippen LogP) is -0.444. The van der Waals surface area contributed by atoms with Crippen molar-refractivity contribution in [1.82, 2.24) is 9.32 Å². The fourth-order valence-corrected chi connectivity index (χ4v) is 2.57. The summed E-state index contributed by atoms with van der Waals surface area (Å²) in [5.41, 5.74) is -1.35. The second-order valence-electron chi connectivity index (χ2n) is 6.16. The van der Waals surface area contributed by atoms with Gasteiger partial charge in [0.25, 0.3) is 0 Å². The third kappa shape index (κ3) is 3.20. The van der Waals surface area contributed by atoms with E-state index in [2.05, 4.69) is 0 Å². The van der Waals surface area contributed by atoms with Gasteiger partial charge in [0.05, 0.1) is 12.7 Å². The van der Waals surface area contributed by atoms with Gasteiger partial charge in [-0.25, -0.2) is 0 Å². The Kier molecular flexibility index (Phi) is 4.85. The minimum Gasteiger partial charge on any atom is -0.394 e. The molecule has 6 nitrogen and oxygen atoms in total. The summed E-state index contributed by atoms with van der Waals surface area (Å²) < 4.78 is 1.49. The van der Waals surface area contributed by atoms with E-state index in [0.717, 1.165) is 0 Å². The Bertz CT molecular complexity index is 349. The number of hydrogen-bond donors (Lipinski definition) is 3. The molecule has 19 heavy (non-hydrogen) atoms. The van der Waals surface area contributed by atoms with Crippen LogP contribution in [0.3, 0.4) is 0 Å². The van der Waals surface area contributed by atoms with Crippen molar-refractivity contribution in [3.63, 3.8) is 0 Å². The average molecular weight is 295 g/mol. The van der Waals surface area contributed by atoms with Crippen LogP contribution in [0.15, 0.2) is 0 Å². The molecule has 0 aromatic rings. The molecule has 1 amide bonds. The van der Waals surface area contributed by atoms with Crippen molar-refractivity contribution < 1.29 is 20.1 Å². The van der Waals surface area contributed by atoms with Gasteiger partial charge in [-0.05, 0) is 39.5 Å². The van der Waals surface area contributed by atoms with Crippen LogP contribution in [-0.4, -0.2) is 73.5 Å². The van der Waals surface area contributed by atoms with E-state index in [4.69, 9.17) is 16.9 Å². The highest BCUT2D eigenvalue weighted by atomic mass is 35.5. The molecule has 0 aromatic heterocycles. The van der Waals surface area contributed by atoms with Gasteiger partial charge in [-0.3, -0.25) is 4.79 Å². The zero-order valence-electron chi connectivity index (χ0n) is 11.8. The first-order valence-corrected chi connectivity index (χ1v) is 6.60. The van der Waals surface area contributed by atoms with Crippen LogP contribution in [0, 0.1) is 0 Å². The molecule has 0 aromatic carbocycles. The monoisotopic (exact) mass is 294 g/mol. The lowest BCUT2D eigenvalue weighted by atomic mass is 9.90. The van der Waals surface area contributed by atoms with Gasteiger partial charge in [-0.2, -0.15) is 4.42 Å². The van der Waals surface area contributed by atoms with Gasteiger partial charge in [0, 0.05) is 18.6 Å². The lowest BCUT2D eigenvalue weighted by Crippen LogP contribution is -2.69. The van der Waals surface area contributed by atoms with Crippen LogP contribution in [0.2, 0.25) is 0 Å². The molecular weight excluding hydrogens is 272 g/mol. The molecule has 1 rings (SSSR count). The Morgan fingerprint density at radius 2 is 1.79 bits per heavy atom. The molecule has 0 saturated carbocycles. The zero-order chi connectivity index (χ0) is 15.0. The molecule has 3 N–H and O–H groups in total. The molecule has 1 aliphatic heterocycles. The number of piperazine rings is 1. The number of amides is 1. The van der Waals surface area contributed by atoms with Crippen molar-refractivity contribution in [2.45, 2.75) is 51.0 Å². The molecule has 2 atom stereocenters. The number of carbonyl (C=O) groups is 1. The predicted molar refractivity (Wildman–Crippen MR) is 71.5 cm³/mol. The molecule has 1 aliphatic rings. The van der Waals surface area contributed by atoms with Crippen LogP contribution in [-0.2, 0) is 4.79 Å². The Hall–Kier alpha value is -0.400. The van der Waals surface area contributed by atoms with E-state index in [1.165, 1.54) is 9.32 Å². The number of β-amino-alcohol motifs (C(OH)–C–C–N with tert-alkyl or cyclic N) is 1. The number of rotatable bonds is 4. The summed E-state index contributed by atoms with van der Waals surface area (Å²) in [6.07, 6.45) is -2.43. The molecule has 0 spiro atoms. The molecule has 7 heteroatoms. The van der Waals surface area contributed by atoms with Crippen LogP contribution in [0.25, 0.3) is 0 Å². The van der Waals surface area contributed by atoms with Crippen LogP contribution >= 0.6 is 11.8 Å². The van der Waals surface area contributed by atoms with Crippen LogP contribution in [0.4, 0.5) is 0 Å². The van der Waals surface area contributed by atoms with Crippen molar-refractivity contribution >= 4 is 17.7 Å². The number of aliphatic hydroxyl groups is 3. The summed E-state index contributed by atoms with van der Waals surface area (Å²) in [6.45, 7) is 6.99. The molecule has 1 fully saturated rings. The van der Waals surface area contributed by atoms with Crippen LogP contribution in [0.5, 0.6) is 0 Å². The van der Waals surface area contributed by atoms with Gasteiger partial charge in [-0.15, -0.1) is 0 Å². The molecule has 112 valence electrons. The second kappa shape index (κ2) is 5.54. The molecule has 1 heterocycles. The molecule has 0 radical (unpaired) electrons. The quantitative estimate of drug-likeness (QED) is 0.612. The summed E-state index contributed by atoms with van der Waals surface area (Å²) >= 11 is 6.22. The van der Waals surface area contributed by atoms with E-state index in [1.54, 1.807) is 13.8 Å². The number of carbonyl (C=O) groups excluding carboxylic acids is 1. The topological polar surface area (TPSA) is 84.2 Å². The summed E-state index contributed by atoms with van der Waals surface area (Å²) in [5.74, 6) is -0.217. The fraction of sp³-hybridized carbons (Fsp3) is 0.917. The minimum absolute atomic E-state index is 0.0296. The molecule has 0 bridgehead atoms. The first-order valence-electron chi connectivity index (χ1n) is 6.26. The van der Waals surface area contributed by atoms with E-state index < -0.39 is 29.9 Å². The first kappa shape index (κ1) is 16.7. The number of nitrogens with zero attached hydrogens (tertiary/aromatic N) is 2. The third-order valence-corrected chi connectivity index (χ3v) is 4.33. The van der Waals surface area contributed by atoms with E-state index in [1.807, 2.05) is 13.8 Å². The standard InChI is InChI=1S/C12H23ClN2O4/c1-11(2)7-14(5-8(17)9(18)6-16)10(19)12(3,4)15(11)13/h8-9,16-18H,5-7H2,1-4H3. The lowest BCUT2D eigenvalue weighted by molar-refractivity contribution is -0.155. The summed E-state index contributed by atoms with van der Waals surface area (Å²) in [5, 5.41) is 27.9. The summed E-state index contributed by atoms with van der Waals surface area (Å²) in [4.78, 5) is 13.8. The second-order valence-corrected chi connectivity index (χ2v) is 6.49. The Balaban J connectivity index is 2.88. The van der Waals surface area contributed by atoms with Gasteiger partial charge in [0.2, 0.25) is 5.91 Å². The Morgan fingerprint density at radius 1 is 1.26 bits per heavy atom. The van der Waals surface area contributed by atoms with Crippen molar-refractivity contribution in [3.8, 4) is 0 Å². The van der Waals surface area contributed by atoms with E-state index >= 15 is 0 Å². The largest absolute Gasteiger partial charge is 0.394 e. The van der Waals surface area contributed by atoms with Crippen LogP contribution in [0.1, 0.15) is 27.7 Å². The van der Waals surface area contributed by atoms with Crippen molar-refractivity contribution in [2.75, 3.05) is 19.7 Å². The van der Waals surface area contributed by atoms with Gasteiger partial charge in [-0.1, -0.05) is 0 Å². The number of halogens is 1. The van der Waals surface area contributed by atoms with E-state index in [9.17, 15) is 15.0 Å². The normalized spacial score (nSPS) is 26.3. The maximum atomic E-state index is 12.3. The number of aliphatic hydroxyl groups excluding tert-OH is 3. The smallest absolute Gasteiger partial charge is 0.243 e. The van der Waals surface area contributed by atoms with Gasteiger partial charge in [0.1, 0.15) is 11.6 Å². The fourth-order valence-electron chi connectivity index (χ4n) is 2.45. The Labute approximate surface area is 118 Å². The average Bonchev–Trinajstić information content (AvgIpc) is 2.33. The third-order valence-electron chi connectivity index (χ3n) is 3.45. The molecule has 2 unspecified atom stereocenters. The maximum absolute atomic E-state index is 12.3. The molecule has 1 saturated heterocycles. The van der Waals surface area contributed by atoms with E-state index in [-0.39, 0.29) is 12.5 Å².